The Hall–Kier alpha value is -1.40. The van der Waals surface area contributed by atoms with Gasteiger partial charge in [-0.1, -0.05) is 13.8 Å². The molecule has 0 amide bonds. The van der Waals surface area contributed by atoms with Crippen LogP contribution in [-0.2, 0) is 4.74 Å². The van der Waals surface area contributed by atoms with Gasteiger partial charge in [-0.15, -0.1) is 0 Å². The monoisotopic (exact) mass is 239 g/mol. The fourth-order valence-corrected chi connectivity index (χ4v) is 1.34. The third kappa shape index (κ3) is 4.54. The number of rotatable bonds is 7. The van der Waals surface area contributed by atoms with Crippen LogP contribution in [0.5, 0.6) is 0 Å². The van der Waals surface area contributed by atoms with Crippen LogP contribution in [-0.4, -0.2) is 29.2 Å². The number of ether oxygens (including phenoxy) is 1. The van der Waals surface area contributed by atoms with E-state index in [1.807, 2.05) is 6.92 Å². The molecule has 4 N–H and O–H groups in total. The zero-order valence-electron chi connectivity index (χ0n) is 10.6. The molecule has 0 fully saturated rings. The Morgan fingerprint density at radius 1 is 1.35 bits per heavy atom. The molecular weight excluding hydrogens is 218 g/mol. The van der Waals surface area contributed by atoms with Crippen molar-refractivity contribution in [2.45, 2.75) is 26.8 Å². The van der Waals surface area contributed by atoms with Crippen molar-refractivity contribution in [3.63, 3.8) is 0 Å². The Kier molecular flexibility index (Phi) is 5.65. The Morgan fingerprint density at radius 3 is 2.65 bits per heavy atom. The predicted molar refractivity (Wildman–Crippen MR) is 68.6 cm³/mol. The number of hydrogen-bond donors (Lipinski definition) is 3. The van der Waals surface area contributed by atoms with Crippen LogP contribution in [0.2, 0.25) is 0 Å². The molecule has 6 nitrogen and oxygen atoms in total. The van der Waals surface area contributed by atoms with Gasteiger partial charge in [-0.2, -0.15) is 0 Å². The second kappa shape index (κ2) is 7.03. The molecule has 0 spiro atoms. The average molecular weight is 239 g/mol. The summed E-state index contributed by atoms with van der Waals surface area (Å²) in [4.78, 5) is 8.30. The van der Waals surface area contributed by atoms with Crippen molar-refractivity contribution in [3.8, 4) is 0 Å². The summed E-state index contributed by atoms with van der Waals surface area (Å²) in [5, 5.41) is 3.29. The van der Waals surface area contributed by atoms with Crippen LogP contribution in [0.4, 0.5) is 11.6 Å². The fourth-order valence-electron chi connectivity index (χ4n) is 1.34. The quantitative estimate of drug-likeness (QED) is 0.490. The SMILES string of the molecule is CCOCC(Nc1cncc(NN)n1)C(C)C. The van der Waals surface area contributed by atoms with E-state index in [-0.39, 0.29) is 6.04 Å². The lowest BCUT2D eigenvalue weighted by Crippen LogP contribution is -2.31. The minimum absolute atomic E-state index is 0.206. The van der Waals surface area contributed by atoms with Crippen LogP contribution in [0.15, 0.2) is 12.4 Å². The minimum atomic E-state index is 0.206. The van der Waals surface area contributed by atoms with E-state index in [4.69, 9.17) is 10.6 Å². The highest BCUT2D eigenvalue weighted by molar-refractivity contribution is 5.41. The lowest BCUT2D eigenvalue weighted by Gasteiger charge is -2.22. The van der Waals surface area contributed by atoms with Crippen molar-refractivity contribution in [2.75, 3.05) is 24.0 Å². The van der Waals surface area contributed by atoms with Crippen molar-refractivity contribution in [1.29, 1.82) is 0 Å². The van der Waals surface area contributed by atoms with Gasteiger partial charge in [-0.05, 0) is 12.8 Å². The highest BCUT2D eigenvalue weighted by Crippen LogP contribution is 2.11. The maximum absolute atomic E-state index is 5.43. The predicted octanol–water partition coefficient (Wildman–Crippen LogP) is 1.24. The third-order valence-electron chi connectivity index (χ3n) is 2.42. The number of nitrogens with zero attached hydrogens (tertiary/aromatic N) is 2. The summed E-state index contributed by atoms with van der Waals surface area (Å²) in [6.07, 6.45) is 3.24. The van der Waals surface area contributed by atoms with Crippen LogP contribution in [0, 0.1) is 5.92 Å². The summed E-state index contributed by atoms with van der Waals surface area (Å²) in [6, 6.07) is 0.206. The smallest absolute Gasteiger partial charge is 0.160 e. The summed E-state index contributed by atoms with van der Waals surface area (Å²) in [6.45, 7) is 7.61. The highest BCUT2D eigenvalue weighted by atomic mass is 16.5. The number of nitrogens with one attached hydrogen (secondary N) is 2. The molecule has 6 heteroatoms. The van der Waals surface area contributed by atoms with Crippen LogP contribution in [0.1, 0.15) is 20.8 Å². The van der Waals surface area contributed by atoms with E-state index in [2.05, 4.69) is 34.6 Å². The van der Waals surface area contributed by atoms with Gasteiger partial charge in [-0.3, -0.25) is 4.98 Å². The van der Waals surface area contributed by atoms with Crippen molar-refractivity contribution >= 4 is 11.6 Å². The number of hydrazine groups is 1. The maximum Gasteiger partial charge on any atom is 0.160 e. The Morgan fingerprint density at radius 2 is 2.06 bits per heavy atom. The Bertz CT molecular complexity index is 331. The molecule has 0 aliphatic rings. The molecule has 0 aliphatic carbocycles. The van der Waals surface area contributed by atoms with Crippen LogP contribution in [0.3, 0.4) is 0 Å². The first-order chi connectivity index (χ1) is 8.17. The molecule has 0 aliphatic heterocycles. The lowest BCUT2D eigenvalue weighted by atomic mass is 10.1. The standard InChI is InChI=1S/C11H21N5O/c1-4-17-7-9(8(2)3)14-10-5-13-6-11(15-10)16-12/h5-6,8-9H,4,7,12H2,1-3H3,(H2,14,15,16). The number of anilines is 2. The average Bonchev–Trinajstić information content (AvgIpc) is 2.34. The highest BCUT2D eigenvalue weighted by Gasteiger charge is 2.14. The van der Waals surface area contributed by atoms with Gasteiger partial charge in [0.2, 0.25) is 0 Å². The molecule has 0 bridgehead atoms. The first kappa shape index (κ1) is 13.7. The van der Waals surface area contributed by atoms with Gasteiger partial charge >= 0.3 is 0 Å². The Labute approximate surface area is 102 Å². The molecule has 96 valence electrons. The largest absolute Gasteiger partial charge is 0.380 e. The van der Waals surface area contributed by atoms with Crippen LogP contribution >= 0.6 is 0 Å². The molecule has 0 aromatic carbocycles. The summed E-state index contributed by atoms with van der Waals surface area (Å²) in [5.41, 5.74) is 2.47. The third-order valence-corrected chi connectivity index (χ3v) is 2.42. The van der Waals surface area contributed by atoms with Gasteiger partial charge in [0.1, 0.15) is 5.82 Å². The van der Waals surface area contributed by atoms with E-state index in [1.54, 1.807) is 12.4 Å². The van der Waals surface area contributed by atoms with Crippen LogP contribution < -0.4 is 16.6 Å². The molecule has 1 heterocycles. The number of nitrogen functional groups attached to an aromatic ring is 1. The molecule has 0 saturated heterocycles. The summed E-state index contributed by atoms with van der Waals surface area (Å²) >= 11 is 0. The molecule has 1 atom stereocenters. The van der Waals surface area contributed by atoms with Crippen LogP contribution in [0.25, 0.3) is 0 Å². The molecule has 17 heavy (non-hydrogen) atoms. The van der Waals surface area contributed by atoms with E-state index in [1.165, 1.54) is 0 Å². The normalized spacial score (nSPS) is 12.5. The molecule has 1 aromatic heterocycles. The molecular formula is C11H21N5O. The van der Waals surface area contributed by atoms with Gasteiger partial charge in [0.25, 0.3) is 0 Å². The molecule has 1 rings (SSSR count). The van der Waals surface area contributed by atoms with E-state index in [0.717, 1.165) is 0 Å². The van der Waals surface area contributed by atoms with E-state index in [0.29, 0.717) is 30.8 Å². The van der Waals surface area contributed by atoms with Gasteiger partial charge in [0.15, 0.2) is 5.82 Å². The summed E-state index contributed by atoms with van der Waals surface area (Å²) in [7, 11) is 0. The summed E-state index contributed by atoms with van der Waals surface area (Å²) < 4.78 is 5.43. The first-order valence-electron chi connectivity index (χ1n) is 5.80. The number of nitrogens with two attached hydrogens (primary N) is 1. The van der Waals surface area contributed by atoms with E-state index < -0.39 is 0 Å². The second-order valence-electron chi connectivity index (χ2n) is 4.09. The summed E-state index contributed by atoms with van der Waals surface area (Å²) in [5.74, 6) is 6.96. The van der Waals surface area contributed by atoms with E-state index in [9.17, 15) is 0 Å². The molecule has 0 radical (unpaired) electrons. The zero-order chi connectivity index (χ0) is 12.7. The Balaban J connectivity index is 2.64. The van der Waals surface area contributed by atoms with Gasteiger partial charge in [0.05, 0.1) is 25.0 Å². The fraction of sp³-hybridized carbons (Fsp3) is 0.636. The lowest BCUT2D eigenvalue weighted by molar-refractivity contribution is 0.126. The second-order valence-corrected chi connectivity index (χ2v) is 4.09. The zero-order valence-corrected chi connectivity index (χ0v) is 10.6. The van der Waals surface area contributed by atoms with Gasteiger partial charge < -0.3 is 15.5 Å². The van der Waals surface area contributed by atoms with Gasteiger partial charge in [-0.25, -0.2) is 10.8 Å². The molecule has 0 saturated carbocycles. The van der Waals surface area contributed by atoms with Gasteiger partial charge in [0, 0.05) is 6.61 Å². The van der Waals surface area contributed by atoms with Crippen molar-refractivity contribution in [2.24, 2.45) is 11.8 Å². The minimum Gasteiger partial charge on any atom is -0.380 e. The van der Waals surface area contributed by atoms with Crippen molar-refractivity contribution < 1.29 is 4.74 Å². The molecule has 1 aromatic rings. The molecule has 1 unspecified atom stereocenters. The van der Waals surface area contributed by atoms with E-state index >= 15 is 0 Å². The number of hydrogen-bond acceptors (Lipinski definition) is 6. The first-order valence-corrected chi connectivity index (χ1v) is 5.80. The number of aromatic nitrogens is 2. The van der Waals surface area contributed by atoms with Crippen molar-refractivity contribution in [1.82, 2.24) is 9.97 Å². The maximum atomic E-state index is 5.43. The topological polar surface area (TPSA) is 85.1 Å². The van der Waals surface area contributed by atoms with Crippen molar-refractivity contribution in [3.05, 3.63) is 12.4 Å².